The molecule has 0 bridgehead atoms. The smallest absolute Gasteiger partial charge is 0.336 e. The van der Waals surface area contributed by atoms with Crippen LogP contribution in [0.25, 0.3) is 21.5 Å². The molecular weight excluding hydrogens is 388 g/mol. The molecule has 0 unspecified atom stereocenters. The quantitative estimate of drug-likeness (QED) is 0.363. The van der Waals surface area contributed by atoms with E-state index < -0.39 is 11.9 Å². The van der Waals surface area contributed by atoms with Gasteiger partial charge in [-0.25, -0.2) is 9.59 Å². The topological polar surface area (TPSA) is 74.6 Å². The Bertz CT molecular complexity index is 1220. The first-order valence-corrected chi connectivity index (χ1v) is 10.0. The Morgan fingerprint density at radius 2 is 1.19 bits per heavy atom. The van der Waals surface area contributed by atoms with Gasteiger partial charge < -0.3 is 10.2 Å². The number of carboxylic acid groups (broad SMARTS) is 2. The van der Waals surface area contributed by atoms with Gasteiger partial charge in [0, 0.05) is 0 Å². The normalized spacial score (nSPS) is 12.3. The number of benzene rings is 4. The van der Waals surface area contributed by atoms with Gasteiger partial charge in [0.05, 0.1) is 11.1 Å². The molecular formula is C27H26O4. The van der Waals surface area contributed by atoms with Crippen molar-refractivity contribution in [1.82, 2.24) is 0 Å². The van der Waals surface area contributed by atoms with Crippen LogP contribution >= 0.6 is 0 Å². The lowest BCUT2D eigenvalue weighted by molar-refractivity contribution is 0.0651. The molecule has 0 atom stereocenters. The van der Waals surface area contributed by atoms with Crippen LogP contribution in [0.15, 0.2) is 72.8 Å². The maximum absolute atomic E-state index is 10.5. The Balaban J connectivity index is 0.000000185. The van der Waals surface area contributed by atoms with E-state index in [4.69, 9.17) is 10.2 Å². The van der Waals surface area contributed by atoms with E-state index in [0.29, 0.717) is 0 Å². The van der Waals surface area contributed by atoms with Crippen molar-refractivity contribution in [3.8, 4) is 0 Å². The highest BCUT2D eigenvalue weighted by atomic mass is 16.4. The van der Waals surface area contributed by atoms with Crippen molar-refractivity contribution in [2.45, 2.75) is 33.1 Å². The third-order valence-electron chi connectivity index (χ3n) is 5.65. The van der Waals surface area contributed by atoms with E-state index >= 15 is 0 Å². The predicted octanol–water partition coefficient (Wildman–Crippen LogP) is 6.59. The van der Waals surface area contributed by atoms with E-state index in [0.717, 1.165) is 0 Å². The Morgan fingerprint density at radius 1 is 0.613 bits per heavy atom. The van der Waals surface area contributed by atoms with Crippen molar-refractivity contribution >= 4 is 33.5 Å². The third-order valence-corrected chi connectivity index (χ3v) is 5.65. The number of aromatic carboxylic acids is 2. The SMILES string of the molecule is C.O=C(O)c1ccccc1C(=O)O.c1ccc2c(c1)ccc1c3c(ccc12)CCCC3. The average Bonchev–Trinajstić information content (AvgIpc) is 2.79. The molecule has 5 rings (SSSR count). The summed E-state index contributed by atoms with van der Waals surface area (Å²) in [6, 6.07) is 23.4. The van der Waals surface area contributed by atoms with Crippen molar-refractivity contribution in [1.29, 1.82) is 0 Å². The molecule has 0 amide bonds. The number of aryl methyl sites for hydroxylation is 2. The first-order valence-electron chi connectivity index (χ1n) is 10.0. The van der Waals surface area contributed by atoms with E-state index in [1.807, 2.05) is 0 Å². The summed E-state index contributed by atoms with van der Waals surface area (Å²) in [7, 11) is 0. The summed E-state index contributed by atoms with van der Waals surface area (Å²) in [4.78, 5) is 20.9. The van der Waals surface area contributed by atoms with Gasteiger partial charge >= 0.3 is 11.9 Å². The molecule has 1 aliphatic carbocycles. The van der Waals surface area contributed by atoms with Gasteiger partial charge in [0.1, 0.15) is 0 Å². The maximum Gasteiger partial charge on any atom is 0.336 e. The molecule has 2 N–H and O–H groups in total. The van der Waals surface area contributed by atoms with Gasteiger partial charge in [-0.15, -0.1) is 0 Å². The number of hydrogen-bond acceptors (Lipinski definition) is 2. The van der Waals surface area contributed by atoms with E-state index in [1.165, 1.54) is 71.5 Å². The Hall–Kier alpha value is -3.66. The number of carboxylic acids is 2. The number of hydrogen-bond donors (Lipinski definition) is 2. The lowest BCUT2D eigenvalue weighted by Gasteiger charge is -2.18. The van der Waals surface area contributed by atoms with Crippen LogP contribution in [-0.4, -0.2) is 22.2 Å². The zero-order valence-corrected chi connectivity index (χ0v) is 16.5. The molecule has 0 heterocycles. The van der Waals surface area contributed by atoms with Gasteiger partial charge in [0.15, 0.2) is 0 Å². The van der Waals surface area contributed by atoms with Gasteiger partial charge in [-0.2, -0.15) is 0 Å². The largest absolute Gasteiger partial charge is 0.478 e. The molecule has 0 saturated carbocycles. The predicted molar refractivity (Wildman–Crippen MR) is 125 cm³/mol. The molecule has 4 aromatic rings. The summed E-state index contributed by atoms with van der Waals surface area (Å²) in [5.41, 5.74) is 2.79. The molecule has 1 aliphatic rings. The molecule has 158 valence electrons. The number of fused-ring (bicyclic) bond motifs is 5. The molecule has 0 saturated heterocycles. The highest BCUT2D eigenvalue weighted by Gasteiger charge is 2.14. The summed E-state index contributed by atoms with van der Waals surface area (Å²) < 4.78 is 0. The fourth-order valence-corrected chi connectivity index (χ4v) is 4.20. The Morgan fingerprint density at radius 3 is 1.87 bits per heavy atom. The van der Waals surface area contributed by atoms with Crippen molar-refractivity contribution in [2.75, 3.05) is 0 Å². The highest BCUT2D eigenvalue weighted by molar-refractivity contribution is 6.08. The second-order valence-corrected chi connectivity index (χ2v) is 7.45. The Labute approximate surface area is 181 Å². The fraction of sp³-hybridized carbons (Fsp3) is 0.185. The minimum absolute atomic E-state index is 0. The minimum Gasteiger partial charge on any atom is -0.478 e. The summed E-state index contributed by atoms with van der Waals surface area (Å²) in [5.74, 6) is -2.46. The summed E-state index contributed by atoms with van der Waals surface area (Å²) in [6.45, 7) is 0. The summed E-state index contributed by atoms with van der Waals surface area (Å²) in [6.07, 6.45) is 5.22. The number of carbonyl (C=O) groups is 2. The van der Waals surface area contributed by atoms with Crippen LogP contribution in [-0.2, 0) is 12.8 Å². The summed E-state index contributed by atoms with van der Waals surface area (Å²) >= 11 is 0. The van der Waals surface area contributed by atoms with Crippen LogP contribution in [0.5, 0.6) is 0 Å². The second kappa shape index (κ2) is 9.43. The minimum atomic E-state index is -1.23. The van der Waals surface area contributed by atoms with Gasteiger partial charge in [-0.3, -0.25) is 0 Å². The monoisotopic (exact) mass is 414 g/mol. The zero-order chi connectivity index (χ0) is 21.1. The van der Waals surface area contributed by atoms with Crippen LogP contribution in [0.1, 0.15) is 52.1 Å². The zero-order valence-electron chi connectivity index (χ0n) is 16.5. The third kappa shape index (κ3) is 4.43. The van der Waals surface area contributed by atoms with Gasteiger partial charge in [-0.1, -0.05) is 68.1 Å². The molecule has 4 heteroatoms. The first-order chi connectivity index (χ1) is 14.6. The lowest BCUT2D eigenvalue weighted by Crippen LogP contribution is -2.06. The molecule has 0 aromatic heterocycles. The van der Waals surface area contributed by atoms with Gasteiger partial charge in [0.25, 0.3) is 0 Å². The maximum atomic E-state index is 10.5. The highest BCUT2D eigenvalue weighted by Crippen LogP contribution is 2.33. The van der Waals surface area contributed by atoms with Crippen LogP contribution in [0.4, 0.5) is 0 Å². The molecule has 4 aromatic carbocycles. The number of rotatable bonds is 2. The van der Waals surface area contributed by atoms with Gasteiger partial charge in [0.2, 0.25) is 0 Å². The molecule has 0 spiro atoms. The molecule has 0 radical (unpaired) electrons. The molecule has 0 fully saturated rings. The molecule has 0 aliphatic heterocycles. The van der Waals surface area contributed by atoms with Crippen LogP contribution in [0.2, 0.25) is 0 Å². The van der Waals surface area contributed by atoms with E-state index in [9.17, 15) is 9.59 Å². The fourth-order valence-electron chi connectivity index (χ4n) is 4.20. The Kier molecular flexibility index (Phi) is 6.71. The van der Waals surface area contributed by atoms with Crippen LogP contribution < -0.4 is 0 Å². The van der Waals surface area contributed by atoms with Crippen molar-refractivity contribution in [3.05, 3.63) is 95.1 Å². The standard InChI is InChI=1S/C18H16.C8H6O4.CH4/c1-3-7-15-13(5-1)9-11-18-16-8-4-2-6-14(16)10-12-17(15)18;9-7(10)5-3-1-2-4-6(5)8(11)12;/h1,3,5,7,9-12H,2,4,6,8H2;1-4H,(H,9,10)(H,11,12);1H4. The van der Waals surface area contributed by atoms with E-state index in [2.05, 4.69) is 48.5 Å². The van der Waals surface area contributed by atoms with E-state index in [-0.39, 0.29) is 18.6 Å². The van der Waals surface area contributed by atoms with Crippen LogP contribution in [0, 0.1) is 0 Å². The summed E-state index contributed by atoms with van der Waals surface area (Å²) in [5, 5.41) is 22.7. The van der Waals surface area contributed by atoms with Crippen molar-refractivity contribution in [2.24, 2.45) is 0 Å². The van der Waals surface area contributed by atoms with Gasteiger partial charge in [-0.05, 0) is 70.5 Å². The van der Waals surface area contributed by atoms with E-state index in [1.54, 1.807) is 11.1 Å². The van der Waals surface area contributed by atoms with Crippen molar-refractivity contribution < 1.29 is 19.8 Å². The lowest BCUT2D eigenvalue weighted by atomic mass is 9.86. The average molecular weight is 415 g/mol. The molecule has 31 heavy (non-hydrogen) atoms. The van der Waals surface area contributed by atoms with Crippen LogP contribution in [0.3, 0.4) is 0 Å². The second-order valence-electron chi connectivity index (χ2n) is 7.45. The first kappa shape index (κ1) is 22.0. The molecule has 4 nitrogen and oxygen atoms in total. The van der Waals surface area contributed by atoms with Crippen molar-refractivity contribution in [3.63, 3.8) is 0 Å².